The molecule has 0 saturated carbocycles. The van der Waals surface area contributed by atoms with Crippen molar-refractivity contribution in [1.29, 1.82) is 0 Å². The summed E-state index contributed by atoms with van der Waals surface area (Å²) in [6.45, 7) is 6.40. The van der Waals surface area contributed by atoms with Gasteiger partial charge < -0.3 is 0 Å². The van der Waals surface area contributed by atoms with Crippen LogP contribution in [0.4, 0.5) is 5.69 Å². The first kappa shape index (κ1) is 17.3. The van der Waals surface area contributed by atoms with Crippen molar-refractivity contribution < 1.29 is 9.72 Å². The number of nitrogens with one attached hydrogen (secondary N) is 1. The van der Waals surface area contributed by atoms with Crippen LogP contribution >= 0.6 is 0 Å². The van der Waals surface area contributed by atoms with Crippen molar-refractivity contribution in [2.24, 2.45) is 5.10 Å². The summed E-state index contributed by atoms with van der Waals surface area (Å²) >= 11 is 0. The van der Waals surface area contributed by atoms with E-state index in [0.717, 1.165) is 5.56 Å². The summed E-state index contributed by atoms with van der Waals surface area (Å²) in [5.41, 5.74) is 4.55. The number of benzene rings is 2. The zero-order valence-corrected chi connectivity index (χ0v) is 13.8. The van der Waals surface area contributed by atoms with E-state index in [4.69, 9.17) is 0 Å². The lowest BCUT2D eigenvalue weighted by molar-refractivity contribution is -0.384. The van der Waals surface area contributed by atoms with Crippen LogP contribution in [0.15, 0.2) is 53.6 Å². The number of non-ortho nitro benzene ring substituents is 1. The van der Waals surface area contributed by atoms with Crippen LogP contribution in [0, 0.1) is 10.1 Å². The van der Waals surface area contributed by atoms with E-state index in [1.54, 1.807) is 0 Å². The highest BCUT2D eigenvalue weighted by molar-refractivity contribution is 5.95. The third-order valence-corrected chi connectivity index (χ3v) is 3.48. The minimum Gasteiger partial charge on any atom is -0.267 e. The Kier molecular flexibility index (Phi) is 5.08. The monoisotopic (exact) mass is 325 g/mol. The SMILES string of the molecule is CC(C)(C)c1ccc(C=NNC(=O)c2cccc([N+](=O)[O-])c2)cc1. The van der Waals surface area contributed by atoms with Crippen LogP contribution in [0.1, 0.15) is 42.3 Å². The molecule has 1 N–H and O–H groups in total. The number of carbonyl (C=O) groups excluding carboxylic acids is 1. The van der Waals surface area contributed by atoms with E-state index in [2.05, 4.69) is 31.3 Å². The molecule has 1 amide bonds. The second-order valence-corrected chi connectivity index (χ2v) is 6.38. The van der Waals surface area contributed by atoms with Gasteiger partial charge in [0.1, 0.15) is 0 Å². The van der Waals surface area contributed by atoms with Crippen LogP contribution in [-0.4, -0.2) is 17.0 Å². The predicted molar refractivity (Wildman–Crippen MR) is 93.3 cm³/mol. The van der Waals surface area contributed by atoms with Crippen LogP contribution in [0.25, 0.3) is 0 Å². The number of nitro groups is 1. The molecule has 6 nitrogen and oxygen atoms in total. The quantitative estimate of drug-likeness (QED) is 0.529. The van der Waals surface area contributed by atoms with Crippen molar-refractivity contribution in [3.63, 3.8) is 0 Å². The molecule has 0 unspecified atom stereocenters. The zero-order valence-electron chi connectivity index (χ0n) is 13.8. The molecular formula is C18H19N3O3. The summed E-state index contributed by atoms with van der Waals surface area (Å²) in [6.07, 6.45) is 1.53. The molecule has 0 spiro atoms. The molecule has 0 aliphatic heterocycles. The predicted octanol–water partition coefficient (Wildman–Crippen LogP) is 3.66. The molecule has 0 aliphatic rings. The second kappa shape index (κ2) is 7.04. The lowest BCUT2D eigenvalue weighted by Crippen LogP contribution is -2.17. The van der Waals surface area contributed by atoms with Gasteiger partial charge in [0.25, 0.3) is 11.6 Å². The molecule has 0 fully saturated rings. The van der Waals surface area contributed by atoms with Crippen molar-refractivity contribution >= 4 is 17.8 Å². The number of carbonyl (C=O) groups is 1. The molecular weight excluding hydrogens is 306 g/mol. The van der Waals surface area contributed by atoms with Gasteiger partial charge >= 0.3 is 0 Å². The first-order chi connectivity index (χ1) is 11.3. The first-order valence-electron chi connectivity index (χ1n) is 7.46. The minimum absolute atomic E-state index is 0.0753. The summed E-state index contributed by atoms with van der Waals surface area (Å²) in [6, 6.07) is 13.4. The molecule has 6 heteroatoms. The number of rotatable bonds is 4. The fourth-order valence-electron chi connectivity index (χ4n) is 2.06. The van der Waals surface area contributed by atoms with Gasteiger partial charge in [0.15, 0.2) is 0 Å². The Morgan fingerprint density at radius 3 is 2.42 bits per heavy atom. The van der Waals surface area contributed by atoms with Gasteiger partial charge in [-0.3, -0.25) is 14.9 Å². The van der Waals surface area contributed by atoms with Crippen LogP contribution in [0.5, 0.6) is 0 Å². The van der Waals surface area contributed by atoms with Gasteiger partial charge in [-0.25, -0.2) is 5.43 Å². The van der Waals surface area contributed by atoms with Gasteiger partial charge in [-0.1, -0.05) is 51.1 Å². The van der Waals surface area contributed by atoms with Gasteiger partial charge in [0.2, 0.25) is 0 Å². The zero-order chi connectivity index (χ0) is 17.7. The highest BCUT2D eigenvalue weighted by Gasteiger charge is 2.13. The molecule has 0 heterocycles. The van der Waals surface area contributed by atoms with Crippen molar-refractivity contribution in [3.05, 3.63) is 75.3 Å². The van der Waals surface area contributed by atoms with E-state index in [-0.39, 0.29) is 16.7 Å². The second-order valence-electron chi connectivity index (χ2n) is 6.38. The fraction of sp³-hybridized carbons (Fsp3) is 0.222. The Labute approximate surface area is 140 Å². The average molecular weight is 325 g/mol. The lowest BCUT2D eigenvalue weighted by atomic mass is 9.87. The van der Waals surface area contributed by atoms with Crippen LogP contribution in [0.2, 0.25) is 0 Å². The molecule has 0 atom stereocenters. The third-order valence-electron chi connectivity index (χ3n) is 3.48. The highest BCUT2D eigenvalue weighted by Crippen LogP contribution is 2.21. The summed E-state index contributed by atoms with van der Waals surface area (Å²) in [7, 11) is 0. The Morgan fingerprint density at radius 1 is 1.17 bits per heavy atom. The van der Waals surface area contributed by atoms with Crippen molar-refractivity contribution in [1.82, 2.24) is 5.43 Å². The van der Waals surface area contributed by atoms with Crippen molar-refractivity contribution in [3.8, 4) is 0 Å². The highest BCUT2D eigenvalue weighted by atomic mass is 16.6. The van der Waals surface area contributed by atoms with Crippen LogP contribution in [0.3, 0.4) is 0 Å². The van der Waals surface area contributed by atoms with Gasteiger partial charge in [-0.2, -0.15) is 5.10 Å². The molecule has 0 aromatic heterocycles. The summed E-state index contributed by atoms with van der Waals surface area (Å²) in [5.74, 6) is -0.499. The number of amides is 1. The van der Waals surface area contributed by atoms with E-state index in [1.807, 2.05) is 24.3 Å². The van der Waals surface area contributed by atoms with Crippen LogP contribution < -0.4 is 5.43 Å². The Morgan fingerprint density at radius 2 is 1.83 bits per heavy atom. The molecule has 0 saturated heterocycles. The average Bonchev–Trinajstić information content (AvgIpc) is 2.54. The Hall–Kier alpha value is -3.02. The maximum atomic E-state index is 11.9. The van der Waals surface area contributed by atoms with E-state index in [1.165, 1.54) is 36.0 Å². The molecule has 2 aromatic rings. The smallest absolute Gasteiger partial charge is 0.267 e. The number of hydrogen-bond donors (Lipinski definition) is 1. The lowest BCUT2D eigenvalue weighted by Gasteiger charge is -2.18. The summed E-state index contributed by atoms with van der Waals surface area (Å²) in [5, 5.41) is 14.6. The van der Waals surface area contributed by atoms with Gasteiger partial charge in [-0.05, 0) is 22.6 Å². The number of hydrogen-bond acceptors (Lipinski definition) is 4. The Bertz CT molecular complexity index is 775. The van der Waals surface area contributed by atoms with E-state index < -0.39 is 10.8 Å². The van der Waals surface area contributed by atoms with Crippen molar-refractivity contribution in [2.75, 3.05) is 0 Å². The largest absolute Gasteiger partial charge is 0.271 e. The summed E-state index contributed by atoms with van der Waals surface area (Å²) in [4.78, 5) is 22.1. The molecule has 124 valence electrons. The molecule has 2 aromatic carbocycles. The van der Waals surface area contributed by atoms with Crippen LogP contribution in [-0.2, 0) is 5.41 Å². The molecule has 24 heavy (non-hydrogen) atoms. The minimum atomic E-state index is -0.545. The molecule has 0 radical (unpaired) electrons. The van der Waals surface area contributed by atoms with Gasteiger partial charge in [-0.15, -0.1) is 0 Å². The maximum absolute atomic E-state index is 11.9. The first-order valence-corrected chi connectivity index (χ1v) is 7.46. The van der Waals surface area contributed by atoms with E-state index in [9.17, 15) is 14.9 Å². The van der Waals surface area contributed by atoms with Gasteiger partial charge in [0.05, 0.1) is 11.1 Å². The summed E-state index contributed by atoms with van der Waals surface area (Å²) < 4.78 is 0. The number of nitro benzene ring substituents is 1. The standard InChI is InChI=1S/C18H19N3O3/c1-18(2,3)15-9-7-13(8-10-15)12-19-20-17(22)14-5-4-6-16(11-14)21(23)24/h4-12H,1-3H3,(H,20,22). The fourth-order valence-corrected chi connectivity index (χ4v) is 2.06. The molecule has 0 bridgehead atoms. The normalized spacial score (nSPS) is 11.5. The number of hydrazone groups is 1. The van der Waals surface area contributed by atoms with Gasteiger partial charge in [0, 0.05) is 17.7 Å². The topological polar surface area (TPSA) is 84.6 Å². The number of nitrogens with zero attached hydrogens (tertiary/aromatic N) is 2. The molecule has 0 aliphatic carbocycles. The van der Waals surface area contributed by atoms with Crippen molar-refractivity contribution in [2.45, 2.75) is 26.2 Å². The molecule has 2 rings (SSSR count). The third kappa shape index (κ3) is 4.49. The maximum Gasteiger partial charge on any atom is 0.271 e. The Balaban J connectivity index is 2.02. The van der Waals surface area contributed by atoms with E-state index >= 15 is 0 Å². The van der Waals surface area contributed by atoms with E-state index in [0.29, 0.717) is 0 Å².